The Kier molecular flexibility index (Phi) is 7.92. The molecular formula is C23H27ClF3NO. The molecule has 1 aliphatic rings. The van der Waals surface area contributed by atoms with E-state index >= 15 is 0 Å². The Morgan fingerprint density at radius 1 is 1.14 bits per heavy atom. The summed E-state index contributed by atoms with van der Waals surface area (Å²) in [4.78, 5) is 0. The molecule has 2 unspecified atom stereocenters. The predicted molar refractivity (Wildman–Crippen MR) is 113 cm³/mol. The van der Waals surface area contributed by atoms with Crippen molar-refractivity contribution in [2.24, 2.45) is 0 Å². The zero-order valence-corrected chi connectivity index (χ0v) is 17.8. The highest BCUT2D eigenvalue weighted by molar-refractivity contribution is 6.32. The first-order valence-corrected chi connectivity index (χ1v) is 9.85. The highest BCUT2D eigenvalue weighted by Gasteiger charge is 2.39. The summed E-state index contributed by atoms with van der Waals surface area (Å²) in [5.74, 6) is -1.66. The van der Waals surface area contributed by atoms with Gasteiger partial charge in [-0.2, -0.15) is 13.2 Å². The lowest BCUT2D eigenvalue weighted by molar-refractivity contribution is -0.139. The maximum atomic E-state index is 13.7. The van der Waals surface area contributed by atoms with E-state index in [0.717, 1.165) is 25.5 Å². The van der Waals surface area contributed by atoms with Crippen LogP contribution in [0.5, 0.6) is 0 Å². The lowest BCUT2D eigenvalue weighted by Crippen LogP contribution is -2.19. The molecule has 2 aromatic rings. The number of hydrogen-bond donors (Lipinski definition) is 2. The van der Waals surface area contributed by atoms with Crippen molar-refractivity contribution < 1.29 is 18.3 Å². The van der Waals surface area contributed by atoms with E-state index in [1.54, 1.807) is 19.9 Å². The van der Waals surface area contributed by atoms with Crippen molar-refractivity contribution in [3.8, 4) is 0 Å². The molecule has 0 fully saturated rings. The molecule has 158 valence electrons. The minimum Gasteiger partial charge on any atom is -0.400 e. The van der Waals surface area contributed by atoms with Crippen molar-refractivity contribution in [2.45, 2.75) is 44.8 Å². The van der Waals surface area contributed by atoms with Gasteiger partial charge in [0.15, 0.2) is 0 Å². The standard InChI is InChI=1S/C22H23ClF3N.CH4O/c1-13-10-17(11-14(2)21(13)23)19(22(24,25)26)8-5-15-4-7-18-16(12-15)6-9-20(18)27-3;1-2/h4-5,7-8,10-12,19-20,27H,6,9H2,1-3H3;2H,1H3/b8-5+;. The van der Waals surface area contributed by atoms with E-state index in [1.165, 1.54) is 29.3 Å². The molecule has 0 saturated heterocycles. The van der Waals surface area contributed by atoms with Crippen LogP contribution in [0.1, 0.15) is 51.8 Å². The zero-order chi connectivity index (χ0) is 21.8. The average Bonchev–Trinajstić information content (AvgIpc) is 3.09. The van der Waals surface area contributed by atoms with Gasteiger partial charge in [0.25, 0.3) is 0 Å². The molecule has 2 N–H and O–H groups in total. The summed E-state index contributed by atoms with van der Waals surface area (Å²) in [6.07, 6.45) is 0.421. The molecular weight excluding hydrogens is 399 g/mol. The van der Waals surface area contributed by atoms with E-state index in [-0.39, 0.29) is 5.56 Å². The van der Waals surface area contributed by atoms with Gasteiger partial charge < -0.3 is 10.4 Å². The summed E-state index contributed by atoms with van der Waals surface area (Å²) in [7, 11) is 2.93. The van der Waals surface area contributed by atoms with Gasteiger partial charge in [0.1, 0.15) is 0 Å². The van der Waals surface area contributed by atoms with Crippen LogP contribution in [-0.2, 0) is 6.42 Å². The molecule has 3 rings (SSSR count). The van der Waals surface area contributed by atoms with Crippen LogP contribution in [0, 0.1) is 13.8 Å². The smallest absolute Gasteiger partial charge is 0.399 e. The van der Waals surface area contributed by atoms with E-state index in [1.807, 2.05) is 25.2 Å². The van der Waals surface area contributed by atoms with Crippen molar-refractivity contribution >= 4 is 17.7 Å². The molecule has 29 heavy (non-hydrogen) atoms. The number of alkyl halides is 3. The van der Waals surface area contributed by atoms with E-state index in [2.05, 4.69) is 5.32 Å². The number of allylic oxidation sites excluding steroid dienone is 1. The van der Waals surface area contributed by atoms with E-state index in [0.29, 0.717) is 22.2 Å². The zero-order valence-electron chi connectivity index (χ0n) is 17.1. The number of aliphatic hydroxyl groups excluding tert-OH is 1. The van der Waals surface area contributed by atoms with Crippen molar-refractivity contribution in [3.63, 3.8) is 0 Å². The molecule has 0 radical (unpaired) electrons. The van der Waals surface area contributed by atoms with Crippen molar-refractivity contribution in [2.75, 3.05) is 14.2 Å². The van der Waals surface area contributed by atoms with Crippen LogP contribution in [-0.4, -0.2) is 25.4 Å². The Bertz CT molecular complexity index is 854. The van der Waals surface area contributed by atoms with Gasteiger partial charge in [-0.1, -0.05) is 54.1 Å². The second-order valence-electron chi connectivity index (χ2n) is 7.19. The van der Waals surface area contributed by atoms with Crippen LogP contribution in [0.3, 0.4) is 0 Å². The van der Waals surface area contributed by atoms with E-state index in [4.69, 9.17) is 16.7 Å². The van der Waals surface area contributed by atoms with Crippen molar-refractivity contribution in [1.29, 1.82) is 0 Å². The molecule has 6 heteroatoms. The van der Waals surface area contributed by atoms with Crippen LogP contribution < -0.4 is 5.32 Å². The van der Waals surface area contributed by atoms with Crippen molar-refractivity contribution in [1.82, 2.24) is 5.32 Å². The number of aliphatic hydroxyl groups is 1. The fourth-order valence-corrected chi connectivity index (χ4v) is 3.93. The maximum absolute atomic E-state index is 13.7. The molecule has 0 aliphatic heterocycles. The summed E-state index contributed by atoms with van der Waals surface area (Å²) in [5, 5.41) is 10.8. The molecule has 2 atom stereocenters. The lowest BCUT2D eigenvalue weighted by Gasteiger charge is -2.19. The molecule has 2 aromatic carbocycles. The molecule has 0 aromatic heterocycles. The Morgan fingerprint density at radius 2 is 1.76 bits per heavy atom. The van der Waals surface area contributed by atoms with Crippen LogP contribution >= 0.6 is 11.6 Å². The van der Waals surface area contributed by atoms with Gasteiger partial charge in [-0.3, -0.25) is 0 Å². The number of benzene rings is 2. The molecule has 0 heterocycles. The topological polar surface area (TPSA) is 32.3 Å². The van der Waals surface area contributed by atoms with Gasteiger partial charge >= 0.3 is 6.18 Å². The molecule has 1 aliphatic carbocycles. The number of fused-ring (bicyclic) bond motifs is 1. The van der Waals surface area contributed by atoms with Gasteiger partial charge in [-0.15, -0.1) is 0 Å². The molecule has 0 saturated carbocycles. The molecule has 0 spiro atoms. The number of nitrogens with one attached hydrogen (secondary N) is 1. The summed E-state index contributed by atoms with van der Waals surface area (Å²) >= 11 is 6.11. The molecule has 2 nitrogen and oxygen atoms in total. The Balaban J connectivity index is 0.00000145. The van der Waals surface area contributed by atoms with Gasteiger partial charge in [-0.25, -0.2) is 0 Å². The van der Waals surface area contributed by atoms with Crippen LogP contribution in [0.25, 0.3) is 6.08 Å². The Labute approximate surface area is 175 Å². The number of hydrogen-bond acceptors (Lipinski definition) is 2. The maximum Gasteiger partial charge on any atom is 0.399 e. The summed E-state index contributed by atoms with van der Waals surface area (Å²) in [6.45, 7) is 3.46. The second-order valence-corrected chi connectivity index (χ2v) is 7.56. The third kappa shape index (κ3) is 5.41. The number of rotatable bonds is 4. The Hall–Kier alpha value is -1.82. The van der Waals surface area contributed by atoms with Gasteiger partial charge in [0.2, 0.25) is 0 Å². The predicted octanol–water partition coefficient (Wildman–Crippen LogP) is 6.13. The number of aryl methyl sites for hydroxylation is 3. The lowest BCUT2D eigenvalue weighted by atomic mass is 9.93. The van der Waals surface area contributed by atoms with Crippen molar-refractivity contribution in [3.05, 3.63) is 74.8 Å². The third-order valence-corrected chi connectivity index (χ3v) is 5.84. The largest absolute Gasteiger partial charge is 0.400 e. The van der Waals surface area contributed by atoms with E-state index < -0.39 is 12.1 Å². The van der Waals surface area contributed by atoms with Gasteiger partial charge in [0, 0.05) is 18.2 Å². The first kappa shape index (κ1) is 23.5. The SMILES string of the molecule is CNC1CCc2cc(/C=C/C(c3cc(C)c(Cl)c(C)c3)C(F)(F)F)ccc21.CO. The highest BCUT2D eigenvalue weighted by atomic mass is 35.5. The first-order valence-electron chi connectivity index (χ1n) is 9.47. The molecule has 0 amide bonds. The monoisotopic (exact) mass is 425 g/mol. The van der Waals surface area contributed by atoms with Crippen LogP contribution in [0.4, 0.5) is 13.2 Å². The fourth-order valence-electron chi connectivity index (χ4n) is 3.82. The van der Waals surface area contributed by atoms with E-state index in [9.17, 15) is 13.2 Å². The summed E-state index contributed by atoms with van der Waals surface area (Å²) in [5.41, 5.74) is 4.77. The normalized spacial score (nSPS) is 17.1. The second kappa shape index (κ2) is 9.79. The summed E-state index contributed by atoms with van der Waals surface area (Å²) in [6, 6.07) is 9.28. The first-order chi connectivity index (χ1) is 13.7. The number of halogens is 4. The van der Waals surface area contributed by atoms with Gasteiger partial charge in [0.05, 0.1) is 5.92 Å². The van der Waals surface area contributed by atoms with Crippen LogP contribution in [0.2, 0.25) is 5.02 Å². The fraction of sp³-hybridized carbons (Fsp3) is 0.391. The molecule has 0 bridgehead atoms. The van der Waals surface area contributed by atoms with Gasteiger partial charge in [-0.05, 0) is 67.1 Å². The Morgan fingerprint density at radius 3 is 2.31 bits per heavy atom. The minimum absolute atomic E-state index is 0.217. The van der Waals surface area contributed by atoms with Crippen LogP contribution in [0.15, 0.2) is 36.4 Å². The average molecular weight is 426 g/mol. The quantitative estimate of drug-likeness (QED) is 0.617. The minimum atomic E-state index is -4.36. The summed E-state index contributed by atoms with van der Waals surface area (Å²) < 4.78 is 41.1. The highest BCUT2D eigenvalue weighted by Crippen LogP contribution is 2.39. The third-order valence-electron chi connectivity index (χ3n) is 5.24.